The molecule has 1 atom stereocenters. The minimum atomic E-state index is -0.612. The lowest BCUT2D eigenvalue weighted by Crippen LogP contribution is -2.25. The van der Waals surface area contributed by atoms with Crippen molar-refractivity contribution in [2.45, 2.75) is 10.3 Å². The smallest absolute Gasteiger partial charge is 0.164 e. The van der Waals surface area contributed by atoms with Crippen LogP contribution < -0.4 is 0 Å². The average molecular weight is 709 g/mol. The van der Waals surface area contributed by atoms with E-state index in [-0.39, 0.29) is 0 Å². The molecule has 8 aromatic rings. The zero-order valence-electron chi connectivity index (χ0n) is 29.2. The van der Waals surface area contributed by atoms with E-state index in [2.05, 4.69) is 126 Å². The summed E-state index contributed by atoms with van der Waals surface area (Å²) in [5, 5.41) is 4.47. The number of benzene rings is 6. The molecule has 54 heavy (non-hydrogen) atoms. The quantitative estimate of drug-likeness (QED) is 0.182. The predicted molar refractivity (Wildman–Crippen MR) is 222 cm³/mol. The fourth-order valence-electron chi connectivity index (χ4n) is 7.92. The average Bonchev–Trinajstić information content (AvgIpc) is 3.52. The minimum Gasteiger partial charge on any atom is -0.264 e. The number of nitrogens with zero attached hydrogens (tertiary/aromatic N) is 4. The first-order chi connectivity index (χ1) is 26.8. The van der Waals surface area contributed by atoms with Gasteiger partial charge in [0.2, 0.25) is 0 Å². The molecule has 1 aliphatic heterocycles. The first kappa shape index (κ1) is 32.0. The van der Waals surface area contributed by atoms with Crippen molar-refractivity contribution in [3.8, 4) is 56.4 Å². The van der Waals surface area contributed by atoms with Gasteiger partial charge in [-0.25, -0.2) is 15.0 Å². The number of rotatable bonds is 4. The lowest BCUT2D eigenvalue weighted by atomic mass is 9.71. The summed E-state index contributed by atoms with van der Waals surface area (Å²) in [6.45, 7) is 0. The number of pyridine rings is 1. The lowest BCUT2D eigenvalue weighted by Gasteiger charge is -2.32. The SMILES string of the molecule is C1=C\C=C\C2(c3ccccc3S/C=C/1)c1cc(-c3nc(-c4ccccc4)nc(-c4ccccc4)n3)ccc1-c1ccc(-c3cccc4cnccc34)cc12. The molecule has 254 valence electrons. The largest absolute Gasteiger partial charge is 0.264 e. The van der Waals surface area contributed by atoms with Crippen molar-refractivity contribution in [3.63, 3.8) is 0 Å². The van der Waals surface area contributed by atoms with Crippen LogP contribution in [-0.4, -0.2) is 19.9 Å². The van der Waals surface area contributed by atoms with Crippen LogP contribution in [0.25, 0.3) is 67.2 Å². The number of allylic oxidation sites excluding steroid dienone is 5. The number of hydrogen-bond donors (Lipinski definition) is 0. The molecular weight excluding hydrogens is 677 g/mol. The van der Waals surface area contributed by atoms with E-state index in [0.29, 0.717) is 17.5 Å². The Morgan fingerprint density at radius 1 is 0.444 bits per heavy atom. The molecule has 10 rings (SSSR count). The van der Waals surface area contributed by atoms with Crippen LogP contribution in [-0.2, 0) is 5.41 Å². The molecule has 3 heterocycles. The Balaban J connectivity index is 1.24. The van der Waals surface area contributed by atoms with Crippen LogP contribution in [0.2, 0.25) is 0 Å². The van der Waals surface area contributed by atoms with E-state index in [1.54, 1.807) is 11.8 Å². The number of aromatic nitrogens is 4. The molecule has 1 unspecified atom stereocenters. The summed E-state index contributed by atoms with van der Waals surface area (Å²) in [6.07, 6.45) is 14.7. The standard InChI is InChI=1S/C49H32N4S/c1-2-12-29-54-45-21-10-9-20-42(45)49(27-11-1)43-30-35(38-19-13-18-37-32-50-28-26-39(37)38)22-24-40(43)41-25-23-36(31-44(41)49)48-52-46(33-14-5-3-6-15-33)51-47(53-48)34-16-7-4-8-17-34/h1-32H/b2-1-,27-11+,29-12+. The Bertz CT molecular complexity index is 2740. The third kappa shape index (κ3) is 5.40. The van der Waals surface area contributed by atoms with Crippen LogP contribution in [0, 0.1) is 0 Å². The van der Waals surface area contributed by atoms with Gasteiger partial charge in [0.25, 0.3) is 0 Å². The van der Waals surface area contributed by atoms with E-state index in [9.17, 15) is 0 Å². The zero-order valence-corrected chi connectivity index (χ0v) is 30.0. The van der Waals surface area contributed by atoms with Crippen molar-refractivity contribution in [1.82, 2.24) is 19.9 Å². The minimum absolute atomic E-state index is 0.612. The summed E-state index contributed by atoms with van der Waals surface area (Å²) in [5.74, 6) is 1.92. The topological polar surface area (TPSA) is 51.6 Å². The van der Waals surface area contributed by atoms with Crippen LogP contribution in [0.5, 0.6) is 0 Å². The Labute approximate surface area is 318 Å². The van der Waals surface area contributed by atoms with E-state index < -0.39 is 5.41 Å². The van der Waals surface area contributed by atoms with Crippen molar-refractivity contribution in [3.05, 3.63) is 210 Å². The molecule has 0 radical (unpaired) electrons. The van der Waals surface area contributed by atoms with Crippen molar-refractivity contribution in [2.24, 2.45) is 0 Å². The van der Waals surface area contributed by atoms with Crippen molar-refractivity contribution in [2.75, 3.05) is 0 Å². The molecule has 0 saturated carbocycles. The molecule has 0 N–H and O–H groups in total. The van der Waals surface area contributed by atoms with Gasteiger partial charge in [-0.3, -0.25) is 4.98 Å². The highest BCUT2D eigenvalue weighted by Gasteiger charge is 2.44. The van der Waals surface area contributed by atoms with E-state index in [1.807, 2.05) is 73.1 Å². The van der Waals surface area contributed by atoms with Crippen LogP contribution in [0.15, 0.2) is 199 Å². The molecule has 0 bridgehead atoms. The molecule has 0 saturated heterocycles. The highest BCUT2D eigenvalue weighted by atomic mass is 32.2. The van der Waals surface area contributed by atoms with Gasteiger partial charge in [0, 0.05) is 39.4 Å². The number of fused-ring (bicyclic) bond motifs is 8. The summed E-state index contributed by atoms with van der Waals surface area (Å²) in [4.78, 5) is 20.8. The van der Waals surface area contributed by atoms with Crippen molar-refractivity contribution >= 4 is 22.5 Å². The van der Waals surface area contributed by atoms with Crippen LogP contribution >= 0.6 is 11.8 Å². The van der Waals surface area contributed by atoms with E-state index in [1.165, 1.54) is 49.2 Å². The highest BCUT2D eigenvalue weighted by Crippen LogP contribution is 2.57. The molecule has 1 aliphatic carbocycles. The van der Waals surface area contributed by atoms with Gasteiger partial charge in [-0.2, -0.15) is 0 Å². The molecule has 1 spiro atoms. The summed E-state index contributed by atoms with van der Waals surface area (Å²) in [7, 11) is 0. The van der Waals surface area contributed by atoms with E-state index in [4.69, 9.17) is 15.0 Å². The molecule has 4 nitrogen and oxygen atoms in total. The summed E-state index contributed by atoms with van der Waals surface area (Å²) in [6, 6.07) is 51.4. The molecule has 6 aromatic carbocycles. The van der Waals surface area contributed by atoms with Crippen molar-refractivity contribution in [1.29, 1.82) is 0 Å². The lowest BCUT2D eigenvalue weighted by molar-refractivity contribution is 0.783. The number of thioether (sulfide) groups is 1. The molecular formula is C49H32N4S. The van der Waals surface area contributed by atoms with Gasteiger partial charge in [0.05, 0.1) is 5.41 Å². The first-order valence-electron chi connectivity index (χ1n) is 18.0. The molecule has 5 heteroatoms. The third-order valence-corrected chi connectivity index (χ3v) is 11.3. The van der Waals surface area contributed by atoms with Crippen LogP contribution in [0.1, 0.15) is 16.7 Å². The molecule has 0 fully saturated rings. The second-order valence-electron chi connectivity index (χ2n) is 13.5. The van der Waals surface area contributed by atoms with Gasteiger partial charge in [0.1, 0.15) is 0 Å². The Morgan fingerprint density at radius 2 is 1.07 bits per heavy atom. The van der Waals surface area contributed by atoms with Gasteiger partial charge in [-0.05, 0) is 74.0 Å². The highest BCUT2D eigenvalue weighted by molar-refractivity contribution is 8.02. The number of hydrogen-bond acceptors (Lipinski definition) is 5. The molecule has 0 amide bonds. The fourth-order valence-corrected chi connectivity index (χ4v) is 8.74. The monoisotopic (exact) mass is 708 g/mol. The molecule has 2 aromatic heterocycles. The molecule has 2 aliphatic rings. The Morgan fingerprint density at radius 3 is 1.81 bits per heavy atom. The van der Waals surface area contributed by atoms with Gasteiger partial charge in [-0.15, -0.1) is 0 Å². The second-order valence-corrected chi connectivity index (χ2v) is 14.4. The Hall–Kier alpha value is -6.69. The second kappa shape index (κ2) is 13.4. The first-order valence-corrected chi connectivity index (χ1v) is 18.9. The van der Waals surface area contributed by atoms with Crippen molar-refractivity contribution < 1.29 is 0 Å². The Kier molecular flexibility index (Phi) is 7.93. The van der Waals surface area contributed by atoms with Gasteiger partial charge < -0.3 is 0 Å². The summed E-state index contributed by atoms with van der Waals surface area (Å²) < 4.78 is 0. The maximum absolute atomic E-state index is 5.13. The zero-order chi connectivity index (χ0) is 35.9. The fraction of sp³-hybridized carbons (Fsp3) is 0.0204. The summed E-state index contributed by atoms with van der Waals surface area (Å²) >= 11 is 1.75. The van der Waals surface area contributed by atoms with E-state index in [0.717, 1.165) is 22.1 Å². The summed E-state index contributed by atoms with van der Waals surface area (Å²) in [5.41, 5.74) is 10.6. The van der Waals surface area contributed by atoms with Crippen LogP contribution in [0.3, 0.4) is 0 Å². The van der Waals surface area contributed by atoms with Gasteiger partial charge in [0.15, 0.2) is 17.5 Å². The van der Waals surface area contributed by atoms with Gasteiger partial charge >= 0.3 is 0 Å². The predicted octanol–water partition coefficient (Wildman–Crippen LogP) is 12.1. The van der Waals surface area contributed by atoms with Crippen LogP contribution in [0.4, 0.5) is 0 Å². The maximum Gasteiger partial charge on any atom is 0.164 e. The normalized spacial score (nSPS) is 17.3. The maximum atomic E-state index is 5.13. The third-order valence-electron chi connectivity index (χ3n) is 10.4. The van der Waals surface area contributed by atoms with Gasteiger partial charge in [-0.1, -0.05) is 163 Å². The van der Waals surface area contributed by atoms with E-state index >= 15 is 0 Å².